The SMILES string of the molecule is CCC1(C)CCCCN1C(=O)c1ccc(C(F)(NC(=O)c2ccccc2)C2CC2)nc1. The van der Waals surface area contributed by atoms with Crippen LogP contribution in [0.2, 0.25) is 0 Å². The van der Waals surface area contributed by atoms with Crippen LogP contribution in [-0.2, 0) is 5.79 Å². The van der Waals surface area contributed by atoms with Crippen molar-refractivity contribution >= 4 is 11.8 Å². The van der Waals surface area contributed by atoms with E-state index in [-0.39, 0.29) is 23.1 Å². The van der Waals surface area contributed by atoms with Gasteiger partial charge in [-0.15, -0.1) is 0 Å². The molecular weight excluding hydrogens is 393 g/mol. The highest BCUT2D eigenvalue weighted by molar-refractivity contribution is 5.95. The first-order valence-electron chi connectivity index (χ1n) is 11.2. The number of benzene rings is 1. The Morgan fingerprint density at radius 2 is 1.90 bits per heavy atom. The van der Waals surface area contributed by atoms with Gasteiger partial charge in [-0.3, -0.25) is 14.6 Å². The summed E-state index contributed by atoms with van der Waals surface area (Å²) in [5.74, 6) is -2.88. The second-order valence-corrected chi connectivity index (χ2v) is 9.00. The van der Waals surface area contributed by atoms with Crippen molar-refractivity contribution in [3.8, 4) is 0 Å². The maximum atomic E-state index is 16.0. The first-order valence-corrected chi connectivity index (χ1v) is 11.2. The number of rotatable bonds is 6. The molecule has 5 nitrogen and oxygen atoms in total. The molecule has 0 radical (unpaired) electrons. The van der Waals surface area contributed by atoms with Crippen LogP contribution in [0.4, 0.5) is 4.39 Å². The average Bonchev–Trinajstić information content (AvgIpc) is 3.66. The Hall–Kier alpha value is -2.76. The third-order valence-electron chi connectivity index (χ3n) is 6.86. The summed E-state index contributed by atoms with van der Waals surface area (Å²) in [6.07, 6.45) is 6.83. The topological polar surface area (TPSA) is 62.3 Å². The van der Waals surface area contributed by atoms with Crippen molar-refractivity contribution in [2.24, 2.45) is 5.92 Å². The number of nitrogens with one attached hydrogen (secondary N) is 1. The Morgan fingerprint density at radius 3 is 2.52 bits per heavy atom. The van der Waals surface area contributed by atoms with Crippen molar-refractivity contribution in [2.75, 3.05) is 6.54 Å². The van der Waals surface area contributed by atoms with Crippen LogP contribution in [-0.4, -0.2) is 33.8 Å². The van der Waals surface area contributed by atoms with Gasteiger partial charge in [0.25, 0.3) is 11.8 Å². The van der Waals surface area contributed by atoms with Crippen molar-refractivity contribution in [2.45, 2.75) is 63.7 Å². The highest BCUT2D eigenvalue weighted by Crippen LogP contribution is 2.46. The van der Waals surface area contributed by atoms with Crippen LogP contribution < -0.4 is 5.32 Å². The Bertz CT molecular complexity index is 945. The molecule has 2 heterocycles. The van der Waals surface area contributed by atoms with Crippen molar-refractivity contribution in [3.05, 3.63) is 65.5 Å². The van der Waals surface area contributed by atoms with E-state index in [9.17, 15) is 9.59 Å². The molecule has 1 aliphatic heterocycles. The monoisotopic (exact) mass is 423 g/mol. The molecule has 1 saturated carbocycles. The molecule has 6 heteroatoms. The summed E-state index contributed by atoms with van der Waals surface area (Å²) in [6, 6.07) is 11.8. The quantitative estimate of drug-likeness (QED) is 0.677. The van der Waals surface area contributed by atoms with Gasteiger partial charge in [-0.25, -0.2) is 4.39 Å². The molecule has 2 fully saturated rings. The zero-order valence-corrected chi connectivity index (χ0v) is 18.2. The molecule has 1 aromatic heterocycles. The van der Waals surface area contributed by atoms with Gasteiger partial charge < -0.3 is 10.2 Å². The molecule has 2 unspecified atom stereocenters. The van der Waals surface area contributed by atoms with E-state index in [0.29, 0.717) is 24.0 Å². The minimum absolute atomic E-state index is 0.0627. The third kappa shape index (κ3) is 4.21. The predicted molar refractivity (Wildman–Crippen MR) is 117 cm³/mol. The van der Waals surface area contributed by atoms with E-state index in [4.69, 9.17) is 0 Å². The summed E-state index contributed by atoms with van der Waals surface area (Å²) in [5.41, 5.74) is 0.849. The van der Waals surface area contributed by atoms with E-state index < -0.39 is 11.7 Å². The van der Waals surface area contributed by atoms with Crippen LogP contribution in [0.3, 0.4) is 0 Å². The van der Waals surface area contributed by atoms with Gasteiger partial charge in [0.1, 0.15) is 0 Å². The number of carbonyl (C=O) groups excluding carboxylic acids is 2. The standard InChI is InChI=1S/C25H30FN3O2/c1-3-24(2)15-7-8-16-29(24)23(31)19-11-14-21(27-17-19)25(26,20-12-13-20)28-22(30)18-9-5-4-6-10-18/h4-6,9-11,14,17,20H,3,7-8,12-13,15-16H2,1-2H3,(H,28,30). The lowest BCUT2D eigenvalue weighted by molar-refractivity contribution is 0.0360. The maximum Gasteiger partial charge on any atom is 0.255 e. The van der Waals surface area contributed by atoms with E-state index in [0.717, 1.165) is 32.2 Å². The van der Waals surface area contributed by atoms with Gasteiger partial charge in [-0.05, 0) is 69.7 Å². The lowest BCUT2D eigenvalue weighted by Crippen LogP contribution is -2.52. The van der Waals surface area contributed by atoms with Crippen molar-refractivity contribution in [3.63, 3.8) is 0 Å². The fraction of sp³-hybridized carbons (Fsp3) is 0.480. The number of halogens is 1. The maximum absolute atomic E-state index is 16.0. The molecule has 164 valence electrons. The largest absolute Gasteiger partial charge is 0.333 e. The van der Waals surface area contributed by atoms with E-state index >= 15 is 4.39 Å². The number of alkyl halides is 1. The number of hydrogen-bond donors (Lipinski definition) is 1. The minimum Gasteiger partial charge on any atom is -0.333 e. The van der Waals surface area contributed by atoms with Gasteiger partial charge in [0.05, 0.1) is 11.3 Å². The number of amides is 2. The molecular formula is C25H30FN3O2. The van der Waals surface area contributed by atoms with Gasteiger partial charge >= 0.3 is 0 Å². The first kappa shape index (κ1) is 21.5. The molecule has 2 atom stereocenters. The van der Waals surface area contributed by atoms with Gasteiger partial charge in [0, 0.05) is 29.8 Å². The molecule has 31 heavy (non-hydrogen) atoms. The van der Waals surface area contributed by atoms with Crippen LogP contribution in [0.25, 0.3) is 0 Å². The molecule has 1 aromatic carbocycles. The summed E-state index contributed by atoms with van der Waals surface area (Å²) >= 11 is 0. The molecule has 2 aromatic rings. The summed E-state index contributed by atoms with van der Waals surface area (Å²) < 4.78 is 16.0. The smallest absolute Gasteiger partial charge is 0.255 e. The number of hydrogen-bond acceptors (Lipinski definition) is 3. The molecule has 1 N–H and O–H groups in total. The summed E-state index contributed by atoms with van der Waals surface area (Å²) in [4.78, 5) is 32.0. The molecule has 2 amide bonds. The fourth-order valence-electron chi connectivity index (χ4n) is 4.47. The average molecular weight is 424 g/mol. The second kappa shape index (κ2) is 8.40. The number of aromatic nitrogens is 1. The third-order valence-corrected chi connectivity index (χ3v) is 6.86. The Labute approximate surface area is 183 Å². The van der Waals surface area contributed by atoms with Gasteiger partial charge in [0.15, 0.2) is 0 Å². The van der Waals surface area contributed by atoms with Gasteiger partial charge in [-0.1, -0.05) is 25.1 Å². The van der Waals surface area contributed by atoms with Crippen molar-refractivity contribution < 1.29 is 14.0 Å². The second-order valence-electron chi connectivity index (χ2n) is 9.00. The minimum atomic E-state index is -2.04. The Kier molecular flexibility index (Phi) is 5.82. The van der Waals surface area contributed by atoms with Crippen LogP contribution in [0, 0.1) is 5.92 Å². The molecule has 0 bridgehead atoms. The van der Waals surface area contributed by atoms with Crippen molar-refractivity contribution in [1.29, 1.82) is 0 Å². The number of likely N-dealkylation sites (tertiary alicyclic amines) is 1. The summed E-state index contributed by atoms with van der Waals surface area (Å²) in [6.45, 7) is 4.97. The number of piperidine rings is 1. The van der Waals surface area contributed by atoms with Crippen LogP contribution in [0.5, 0.6) is 0 Å². The molecule has 2 aliphatic rings. The number of nitrogens with zero attached hydrogens (tertiary/aromatic N) is 2. The molecule has 1 saturated heterocycles. The van der Waals surface area contributed by atoms with E-state index in [1.54, 1.807) is 36.4 Å². The molecule has 0 spiro atoms. The normalized spacial score (nSPS) is 23.1. The van der Waals surface area contributed by atoms with E-state index in [1.165, 1.54) is 6.20 Å². The lowest BCUT2D eigenvalue weighted by atomic mass is 9.85. The van der Waals surface area contributed by atoms with E-state index in [2.05, 4.69) is 24.1 Å². The van der Waals surface area contributed by atoms with Gasteiger partial charge in [0.2, 0.25) is 5.79 Å². The summed E-state index contributed by atoms with van der Waals surface area (Å²) in [5, 5.41) is 2.56. The highest BCUT2D eigenvalue weighted by atomic mass is 19.1. The Balaban J connectivity index is 1.55. The zero-order valence-electron chi connectivity index (χ0n) is 18.2. The molecule has 1 aliphatic carbocycles. The fourth-order valence-corrected chi connectivity index (χ4v) is 4.47. The van der Waals surface area contributed by atoms with E-state index in [1.807, 2.05) is 11.0 Å². The first-order chi connectivity index (χ1) is 14.9. The molecule has 4 rings (SSSR count). The van der Waals surface area contributed by atoms with Crippen LogP contribution in [0.1, 0.15) is 78.8 Å². The predicted octanol–water partition coefficient (Wildman–Crippen LogP) is 4.84. The zero-order chi connectivity index (χ0) is 22.1. The van der Waals surface area contributed by atoms with Gasteiger partial charge in [-0.2, -0.15) is 0 Å². The number of pyridine rings is 1. The highest BCUT2D eigenvalue weighted by Gasteiger charge is 2.50. The van der Waals surface area contributed by atoms with Crippen LogP contribution in [0.15, 0.2) is 48.7 Å². The van der Waals surface area contributed by atoms with Crippen LogP contribution >= 0.6 is 0 Å². The summed E-state index contributed by atoms with van der Waals surface area (Å²) in [7, 11) is 0. The Morgan fingerprint density at radius 1 is 1.16 bits per heavy atom. The number of carbonyl (C=O) groups is 2. The van der Waals surface area contributed by atoms with Crippen molar-refractivity contribution in [1.82, 2.24) is 15.2 Å². The lowest BCUT2D eigenvalue weighted by Gasteiger charge is -2.44.